The fourth-order valence-electron chi connectivity index (χ4n) is 1.43. The summed E-state index contributed by atoms with van der Waals surface area (Å²) in [6.45, 7) is 11.6. The van der Waals surface area contributed by atoms with Crippen LogP contribution in [-0.4, -0.2) is 67.3 Å². The van der Waals surface area contributed by atoms with E-state index in [1.54, 1.807) is 5.70 Å². The Hall–Kier alpha value is 0.544. The quantitative estimate of drug-likeness (QED) is 0.464. The van der Waals surface area contributed by atoms with Crippen molar-refractivity contribution in [1.82, 2.24) is 0 Å². The smallest absolute Gasteiger partial charge is 0.445 e. The van der Waals surface area contributed by atoms with Gasteiger partial charge in [-0.2, -0.15) is 0 Å². The molecule has 0 spiro atoms. The summed E-state index contributed by atoms with van der Waals surface area (Å²) in [5.74, 6) is 0. The van der Waals surface area contributed by atoms with Crippen molar-refractivity contribution in [3.8, 4) is 0 Å². The molecule has 0 aromatic carbocycles. The molecule has 0 amide bonds. The Bertz CT molecular complexity index is 315. The summed E-state index contributed by atoms with van der Waals surface area (Å²) in [5, 5.41) is 0. The fraction of sp³-hybridized carbons (Fsp3) is 0.778. The van der Waals surface area contributed by atoms with Gasteiger partial charge in [0, 0.05) is 21.3 Å². The first-order chi connectivity index (χ1) is 9.59. The predicted octanol–water partition coefficient (Wildman–Crippen LogP) is 0.0573. The van der Waals surface area contributed by atoms with Crippen LogP contribution in [0.5, 0.6) is 0 Å². The molecule has 0 aliphatic heterocycles. The molecule has 0 aromatic heterocycles. The third kappa shape index (κ3) is 7.57. The van der Waals surface area contributed by atoms with Gasteiger partial charge in [-0.25, -0.2) is 0 Å². The van der Waals surface area contributed by atoms with Crippen molar-refractivity contribution in [2.24, 2.45) is 0 Å². The van der Waals surface area contributed by atoms with Crippen molar-refractivity contribution < 1.29 is 29.7 Å². The molecule has 0 radical (unpaired) electrons. The molecular formula is C9H28O7Si5. The zero-order valence-corrected chi connectivity index (χ0v) is 20.4. The highest BCUT2D eigenvalue weighted by Crippen LogP contribution is 2.20. The Morgan fingerprint density at radius 1 is 0.905 bits per heavy atom. The summed E-state index contributed by atoms with van der Waals surface area (Å²) in [4.78, 5) is 0. The van der Waals surface area contributed by atoms with Gasteiger partial charge in [0.2, 0.25) is 0 Å². The molecule has 0 bridgehead atoms. The first-order valence-corrected chi connectivity index (χ1v) is 16.2. The Morgan fingerprint density at radius 2 is 1.33 bits per heavy atom. The first-order valence-electron chi connectivity index (χ1n) is 6.48. The van der Waals surface area contributed by atoms with Crippen molar-refractivity contribution in [1.29, 1.82) is 0 Å². The number of hydrogen-bond donors (Lipinski definition) is 0. The first kappa shape index (κ1) is 21.5. The van der Waals surface area contributed by atoms with Crippen LogP contribution in [0.2, 0.25) is 26.2 Å². The maximum Gasteiger partial charge on any atom is 0.669 e. The molecule has 0 heterocycles. The van der Waals surface area contributed by atoms with E-state index >= 15 is 0 Å². The largest absolute Gasteiger partial charge is 0.669 e. The van der Waals surface area contributed by atoms with E-state index in [9.17, 15) is 0 Å². The Balaban J connectivity index is 4.87. The van der Waals surface area contributed by atoms with Crippen LogP contribution in [0, 0.1) is 0 Å². The van der Waals surface area contributed by atoms with E-state index < -0.39 is 35.5 Å². The van der Waals surface area contributed by atoms with E-state index in [-0.39, 0.29) is 0 Å². The van der Waals surface area contributed by atoms with Gasteiger partial charge in [-0.3, -0.25) is 0 Å². The predicted molar refractivity (Wildman–Crippen MR) is 93.4 cm³/mol. The summed E-state index contributed by atoms with van der Waals surface area (Å²) >= 11 is 0. The lowest BCUT2D eigenvalue weighted by molar-refractivity contribution is 0.0409. The normalized spacial score (nSPS) is 15.2. The molecule has 0 fully saturated rings. The maximum absolute atomic E-state index is 6.07. The summed E-state index contributed by atoms with van der Waals surface area (Å²) in [7, 11) is -4.81. The lowest BCUT2D eigenvalue weighted by atomic mass is 11.3. The second-order valence-electron chi connectivity index (χ2n) is 5.06. The zero-order chi connectivity index (χ0) is 16.7. The average molecular weight is 389 g/mol. The van der Waals surface area contributed by atoms with E-state index in [4.69, 9.17) is 29.7 Å². The second kappa shape index (κ2) is 8.99. The van der Waals surface area contributed by atoms with E-state index in [1.807, 2.05) is 26.2 Å². The van der Waals surface area contributed by atoms with Gasteiger partial charge in [0.15, 0.2) is 0 Å². The molecule has 0 saturated carbocycles. The van der Waals surface area contributed by atoms with Crippen LogP contribution >= 0.6 is 0 Å². The highest BCUT2D eigenvalue weighted by molar-refractivity contribution is 6.82. The molecule has 0 rings (SSSR count). The standard InChI is InChI=1S/C9H28O7Si5/c1-9-18(14-19(5,6)13-17)15-20(7,8)16-21(10-2,11-3)12-4/h9,18H,1H2,2-8,17H3. The van der Waals surface area contributed by atoms with Gasteiger partial charge in [0.05, 0.1) is 0 Å². The molecular weight excluding hydrogens is 361 g/mol. The zero-order valence-electron chi connectivity index (χ0n) is 14.2. The maximum atomic E-state index is 6.07. The molecule has 7 nitrogen and oxygen atoms in total. The SMILES string of the molecule is C=C[SiH](O[Si](C)(C)O[SiH3])O[Si](C)(C)O[Si](OC)(OC)OC. The molecule has 0 saturated heterocycles. The lowest BCUT2D eigenvalue weighted by Gasteiger charge is -2.35. The monoisotopic (exact) mass is 388 g/mol. The molecule has 12 heteroatoms. The van der Waals surface area contributed by atoms with E-state index in [1.165, 1.54) is 21.3 Å². The number of hydrogen-bond acceptors (Lipinski definition) is 7. The van der Waals surface area contributed by atoms with Crippen LogP contribution in [-0.2, 0) is 29.7 Å². The van der Waals surface area contributed by atoms with Crippen molar-refractivity contribution in [2.45, 2.75) is 26.2 Å². The van der Waals surface area contributed by atoms with E-state index in [0.717, 1.165) is 0 Å². The third-order valence-corrected chi connectivity index (χ3v) is 17.8. The van der Waals surface area contributed by atoms with Gasteiger partial charge in [-0.05, 0) is 26.2 Å². The molecule has 0 aliphatic rings. The van der Waals surface area contributed by atoms with Crippen molar-refractivity contribution in [3.63, 3.8) is 0 Å². The minimum atomic E-state index is -3.14. The van der Waals surface area contributed by atoms with Gasteiger partial charge in [0.25, 0.3) is 0 Å². The molecule has 126 valence electrons. The van der Waals surface area contributed by atoms with Crippen LogP contribution in [0.25, 0.3) is 0 Å². The highest BCUT2D eigenvalue weighted by atomic mass is 28.5. The minimum absolute atomic E-state index is 0.638. The summed E-state index contributed by atoms with van der Waals surface area (Å²) in [6.07, 6.45) is 0. The third-order valence-electron chi connectivity index (χ3n) is 2.60. The average Bonchev–Trinajstić information content (AvgIpc) is 2.43. The minimum Gasteiger partial charge on any atom is -0.445 e. The van der Waals surface area contributed by atoms with Crippen molar-refractivity contribution >= 4 is 45.9 Å². The fourth-order valence-corrected chi connectivity index (χ4v) is 13.1. The summed E-state index contributed by atoms with van der Waals surface area (Å²) in [6, 6.07) is 0. The number of rotatable bonds is 11. The Labute approximate surface area is 135 Å². The van der Waals surface area contributed by atoms with Crippen LogP contribution in [0.4, 0.5) is 0 Å². The van der Waals surface area contributed by atoms with Crippen LogP contribution in [0.3, 0.4) is 0 Å². The van der Waals surface area contributed by atoms with Crippen LogP contribution < -0.4 is 0 Å². The van der Waals surface area contributed by atoms with Gasteiger partial charge < -0.3 is 29.7 Å². The molecule has 1 atom stereocenters. The van der Waals surface area contributed by atoms with Gasteiger partial charge in [-0.15, -0.1) is 6.58 Å². The van der Waals surface area contributed by atoms with E-state index in [2.05, 4.69) is 6.58 Å². The Morgan fingerprint density at radius 3 is 1.67 bits per heavy atom. The van der Waals surface area contributed by atoms with Crippen LogP contribution in [0.1, 0.15) is 0 Å². The lowest BCUT2D eigenvalue weighted by Crippen LogP contribution is -2.57. The summed E-state index contributed by atoms with van der Waals surface area (Å²) in [5.41, 5.74) is 1.73. The highest BCUT2D eigenvalue weighted by Gasteiger charge is 2.49. The molecule has 21 heavy (non-hydrogen) atoms. The molecule has 0 aliphatic carbocycles. The molecule has 0 aromatic rings. The van der Waals surface area contributed by atoms with Gasteiger partial charge in [0.1, 0.15) is 10.5 Å². The summed E-state index contributed by atoms with van der Waals surface area (Å²) < 4.78 is 39.3. The van der Waals surface area contributed by atoms with Crippen molar-refractivity contribution in [2.75, 3.05) is 21.3 Å². The molecule has 1 unspecified atom stereocenters. The van der Waals surface area contributed by atoms with E-state index in [0.29, 0.717) is 10.5 Å². The van der Waals surface area contributed by atoms with Gasteiger partial charge >= 0.3 is 35.5 Å². The molecule has 0 N–H and O–H groups in total. The Kier molecular flexibility index (Phi) is 9.22. The van der Waals surface area contributed by atoms with Crippen LogP contribution in [0.15, 0.2) is 12.3 Å². The topological polar surface area (TPSA) is 64.6 Å². The van der Waals surface area contributed by atoms with Crippen molar-refractivity contribution in [3.05, 3.63) is 12.3 Å². The van der Waals surface area contributed by atoms with Gasteiger partial charge in [-0.1, -0.05) is 5.70 Å². The second-order valence-corrected chi connectivity index (χ2v) is 18.4.